The number of nitrogens with one attached hydrogen (secondary N) is 2. The van der Waals surface area contributed by atoms with Crippen LogP contribution in [-0.2, 0) is 0 Å². The number of halogens is 1. The molecule has 1 aliphatic rings. The third-order valence-electron chi connectivity index (χ3n) is 5.18. The maximum absolute atomic E-state index is 4.81. The van der Waals surface area contributed by atoms with Gasteiger partial charge in [-0.1, -0.05) is 33.1 Å². The van der Waals surface area contributed by atoms with E-state index in [9.17, 15) is 0 Å². The molecule has 2 N–H and O–H groups in total. The minimum atomic E-state index is 0. The van der Waals surface area contributed by atoms with Gasteiger partial charge >= 0.3 is 0 Å². The van der Waals surface area contributed by atoms with Gasteiger partial charge in [-0.3, -0.25) is 4.99 Å². The molecular formula is C20H44IN5. The van der Waals surface area contributed by atoms with Crippen molar-refractivity contribution in [3.05, 3.63) is 0 Å². The second-order valence-electron chi connectivity index (χ2n) is 7.41. The number of nitrogens with zero attached hydrogens (tertiary/aromatic N) is 3. The van der Waals surface area contributed by atoms with Gasteiger partial charge in [-0.05, 0) is 45.7 Å². The summed E-state index contributed by atoms with van der Waals surface area (Å²) in [4.78, 5) is 9.83. The quantitative estimate of drug-likeness (QED) is 0.194. The number of hydrogen-bond donors (Lipinski definition) is 2. The van der Waals surface area contributed by atoms with Crippen LogP contribution in [-0.4, -0.2) is 75.2 Å². The molecule has 0 radical (unpaired) electrons. The van der Waals surface area contributed by atoms with Crippen LogP contribution in [0.25, 0.3) is 0 Å². The normalized spacial score (nSPS) is 17.6. The SMILES string of the molecule is CCCCC(CC)CN=C(NCC)NCCCCN1CCN(C)CC1.I. The van der Waals surface area contributed by atoms with Crippen LogP contribution in [0.5, 0.6) is 0 Å². The van der Waals surface area contributed by atoms with E-state index in [2.05, 4.69) is 48.3 Å². The lowest BCUT2D eigenvalue weighted by Crippen LogP contribution is -2.44. The molecule has 0 aliphatic carbocycles. The van der Waals surface area contributed by atoms with Gasteiger partial charge in [-0.15, -0.1) is 24.0 Å². The first kappa shape index (κ1) is 25.9. The van der Waals surface area contributed by atoms with Crippen LogP contribution in [0.2, 0.25) is 0 Å². The molecule has 0 amide bonds. The lowest BCUT2D eigenvalue weighted by Gasteiger charge is -2.32. The largest absolute Gasteiger partial charge is 0.357 e. The summed E-state index contributed by atoms with van der Waals surface area (Å²) in [6, 6.07) is 0. The van der Waals surface area contributed by atoms with Crippen LogP contribution in [0.3, 0.4) is 0 Å². The van der Waals surface area contributed by atoms with Gasteiger partial charge in [-0.2, -0.15) is 0 Å². The van der Waals surface area contributed by atoms with Crippen molar-refractivity contribution in [1.29, 1.82) is 0 Å². The fourth-order valence-electron chi connectivity index (χ4n) is 3.22. The van der Waals surface area contributed by atoms with E-state index in [4.69, 9.17) is 4.99 Å². The highest BCUT2D eigenvalue weighted by Crippen LogP contribution is 2.12. The molecule has 1 rings (SSSR count). The van der Waals surface area contributed by atoms with E-state index >= 15 is 0 Å². The summed E-state index contributed by atoms with van der Waals surface area (Å²) in [5.74, 6) is 1.73. The van der Waals surface area contributed by atoms with E-state index in [1.165, 1.54) is 71.2 Å². The maximum atomic E-state index is 4.81. The molecule has 6 heteroatoms. The van der Waals surface area contributed by atoms with Gasteiger partial charge in [-0.25, -0.2) is 0 Å². The highest BCUT2D eigenvalue weighted by atomic mass is 127. The fourth-order valence-corrected chi connectivity index (χ4v) is 3.22. The Bertz CT molecular complexity index is 343. The predicted octanol–water partition coefficient (Wildman–Crippen LogP) is 3.40. The van der Waals surface area contributed by atoms with Crippen LogP contribution in [0.1, 0.15) is 59.3 Å². The van der Waals surface area contributed by atoms with Crippen molar-refractivity contribution in [2.45, 2.75) is 59.3 Å². The first-order valence-electron chi connectivity index (χ1n) is 10.6. The molecule has 0 bridgehead atoms. The molecular weight excluding hydrogens is 437 g/mol. The number of piperazine rings is 1. The van der Waals surface area contributed by atoms with Crippen molar-refractivity contribution in [1.82, 2.24) is 20.4 Å². The topological polar surface area (TPSA) is 42.9 Å². The standard InChI is InChI=1S/C20H43N5.HI/c1-5-8-11-19(6-2)18-23-20(21-7-3)22-12-9-10-13-25-16-14-24(4)15-17-25;/h19H,5-18H2,1-4H3,(H2,21,22,23);1H. The van der Waals surface area contributed by atoms with Crippen molar-refractivity contribution in [3.63, 3.8) is 0 Å². The molecule has 0 aromatic rings. The van der Waals surface area contributed by atoms with Crippen molar-refractivity contribution in [3.8, 4) is 0 Å². The molecule has 156 valence electrons. The van der Waals surface area contributed by atoms with Gasteiger partial charge in [0.2, 0.25) is 0 Å². The van der Waals surface area contributed by atoms with Crippen molar-refractivity contribution < 1.29 is 0 Å². The van der Waals surface area contributed by atoms with Crippen LogP contribution < -0.4 is 10.6 Å². The van der Waals surface area contributed by atoms with Gasteiger partial charge in [0, 0.05) is 45.8 Å². The third-order valence-corrected chi connectivity index (χ3v) is 5.18. The molecule has 0 aromatic carbocycles. The van der Waals surface area contributed by atoms with E-state index in [-0.39, 0.29) is 24.0 Å². The second-order valence-corrected chi connectivity index (χ2v) is 7.41. The van der Waals surface area contributed by atoms with E-state index in [1.54, 1.807) is 0 Å². The van der Waals surface area contributed by atoms with Gasteiger partial charge in [0.1, 0.15) is 0 Å². The Morgan fingerprint density at radius 1 is 1.00 bits per heavy atom. The van der Waals surface area contributed by atoms with Gasteiger partial charge < -0.3 is 20.4 Å². The minimum Gasteiger partial charge on any atom is -0.357 e. The van der Waals surface area contributed by atoms with Crippen molar-refractivity contribution in [2.24, 2.45) is 10.9 Å². The smallest absolute Gasteiger partial charge is 0.191 e. The van der Waals surface area contributed by atoms with E-state index in [0.29, 0.717) is 0 Å². The molecule has 1 heterocycles. The van der Waals surface area contributed by atoms with Crippen LogP contribution >= 0.6 is 24.0 Å². The Labute approximate surface area is 179 Å². The molecule has 0 spiro atoms. The van der Waals surface area contributed by atoms with Crippen molar-refractivity contribution >= 4 is 29.9 Å². The number of unbranched alkanes of at least 4 members (excludes halogenated alkanes) is 2. The molecule has 1 saturated heterocycles. The van der Waals surface area contributed by atoms with Crippen LogP contribution in [0.4, 0.5) is 0 Å². The van der Waals surface area contributed by atoms with Gasteiger partial charge in [0.05, 0.1) is 0 Å². The Hall–Kier alpha value is -0.0800. The van der Waals surface area contributed by atoms with E-state index in [0.717, 1.165) is 31.5 Å². The highest BCUT2D eigenvalue weighted by molar-refractivity contribution is 14.0. The molecule has 26 heavy (non-hydrogen) atoms. The number of likely N-dealkylation sites (N-methyl/N-ethyl adjacent to an activating group) is 1. The van der Waals surface area contributed by atoms with Crippen LogP contribution in [0.15, 0.2) is 4.99 Å². The van der Waals surface area contributed by atoms with Gasteiger partial charge in [0.25, 0.3) is 0 Å². The first-order chi connectivity index (χ1) is 12.2. The summed E-state index contributed by atoms with van der Waals surface area (Å²) < 4.78 is 0. The number of aliphatic imine (C=N–C) groups is 1. The van der Waals surface area contributed by atoms with Crippen molar-refractivity contribution in [2.75, 3.05) is 59.4 Å². The summed E-state index contributed by atoms with van der Waals surface area (Å²) in [5, 5.41) is 6.90. The molecule has 0 saturated carbocycles. The summed E-state index contributed by atoms with van der Waals surface area (Å²) in [6.07, 6.45) is 7.62. The zero-order chi connectivity index (χ0) is 18.3. The number of guanidine groups is 1. The molecule has 1 unspecified atom stereocenters. The van der Waals surface area contributed by atoms with Gasteiger partial charge in [0.15, 0.2) is 5.96 Å². The maximum Gasteiger partial charge on any atom is 0.191 e. The Morgan fingerprint density at radius 2 is 1.73 bits per heavy atom. The van der Waals surface area contributed by atoms with E-state index in [1.807, 2.05) is 0 Å². The number of hydrogen-bond acceptors (Lipinski definition) is 3. The molecule has 5 nitrogen and oxygen atoms in total. The van der Waals surface area contributed by atoms with Crippen LogP contribution in [0, 0.1) is 5.92 Å². The Balaban J connectivity index is 0.00000625. The fraction of sp³-hybridized carbons (Fsp3) is 0.950. The lowest BCUT2D eigenvalue weighted by atomic mass is 10.00. The Kier molecular flexibility index (Phi) is 17.0. The average molecular weight is 482 g/mol. The average Bonchev–Trinajstić information content (AvgIpc) is 2.63. The lowest BCUT2D eigenvalue weighted by molar-refractivity contribution is 0.152. The molecule has 1 aliphatic heterocycles. The summed E-state index contributed by atoms with van der Waals surface area (Å²) in [6.45, 7) is 15.7. The summed E-state index contributed by atoms with van der Waals surface area (Å²) >= 11 is 0. The minimum absolute atomic E-state index is 0. The number of rotatable bonds is 12. The summed E-state index contributed by atoms with van der Waals surface area (Å²) in [7, 11) is 2.22. The zero-order valence-electron chi connectivity index (χ0n) is 17.7. The third kappa shape index (κ3) is 12.3. The highest BCUT2D eigenvalue weighted by Gasteiger charge is 2.12. The molecule has 0 aromatic heterocycles. The monoisotopic (exact) mass is 481 g/mol. The zero-order valence-corrected chi connectivity index (χ0v) is 20.1. The second kappa shape index (κ2) is 17.0. The predicted molar refractivity (Wildman–Crippen MR) is 126 cm³/mol. The Morgan fingerprint density at radius 3 is 2.35 bits per heavy atom. The summed E-state index contributed by atoms with van der Waals surface area (Å²) in [5.41, 5.74) is 0. The molecule has 1 fully saturated rings. The first-order valence-corrected chi connectivity index (χ1v) is 10.6. The van der Waals surface area contributed by atoms with E-state index < -0.39 is 0 Å². The molecule has 1 atom stereocenters.